The summed E-state index contributed by atoms with van der Waals surface area (Å²) in [5.41, 5.74) is 0.653. The molecule has 1 N–H and O–H groups in total. The molecule has 1 aromatic heterocycles. The highest BCUT2D eigenvalue weighted by Gasteiger charge is 2.35. The van der Waals surface area contributed by atoms with Crippen LogP contribution in [0.15, 0.2) is 88.1 Å². The highest BCUT2D eigenvalue weighted by Crippen LogP contribution is 2.24. The Balaban J connectivity index is 1.24. The van der Waals surface area contributed by atoms with E-state index in [0.717, 1.165) is 10.5 Å². The van der Waals surface area contributed by atoms with Crippen LogP contribution in [0.2, 0.25) is 0 Å². The van der Waals surface area contributed by atoms with Crippen molar-refractivity contribution in [3.05, 3.63) is 112 Å². The number of fused-ring (bicyclic) bond motifs is 2. The van der Waals surface area contributed by atoms with Crippen LogP contribution in [0, 0.1) is 0 Å². The maximum Gasteiger partial charge on any atom is 0.349 e. The van der Waals surface area contributed by atoms with E-state index >= 15 is 0 Å². The Kier molecular flexibility index (Phi) is 6.57. The zero-order chi connectivity index (χ0) is 26.8. The van der Waals surface area contributed by atoms with Crippen molar-refractivity contribution in [1.29, 1.82) is 0 Å². The summed E-state index contributed by atoms with van der Waals surface area (Å²) in [6, 6.07) is 21.3. The number of ether oxygens (including phenoxy) is 1. The molecular formula is C29H22N2O7. The monoisotopic (exact) mass is 510 g/mol. The van der Waals surface area contributed by atoms with Gasteiger partial charge in [0, 0.05) is 18.0 Å². The minimum atomic E-state index is -0.829. The number of nitrogens with zero attached hydrogens (tertiary/aromatic N) is 1. The number of rotatable bonds is 7. The summed E-state index contributed by atoms with van der Waals surface area (Å²) in [6.45, 7) is 1.68. The molecule has 1 aliphatic rings. The Morgan fingerprint density at radius 1 is 0.895 bits per heavy atom. The van der Waals surface area contributed by atoms with Gasteiger partial charge in [0.05, 0.1) is 23.6 Å². The molecule has 0 radical (unpaired) electrons. The van der Waals surface area contributed by atoms with Gasteiger partial charge < -0.3 is 14.5 Å². The quantitative estimate of drug-likeness (QED) is 0.173. The van der Waals surface area contributed by atoms with Crippen LogP contribution < -0.4 is 15.7 Å². The van der Waals surface area contributed by atoms with Crippen molar-refractivity contribution < 1.29 is 28.3 Å². The first-order chi connectivity index (χ1) is 18.3. The maximum atomic E-state index is 12.7. The molecule has 0 saturated heterocycles. The van der Waals surface area contributed by atoms with E-state index in [1.165, 1.54) is 18.2 Å². The molecule has 9 heteroatoms. The minimum absolute atomic E-state index is 0.114. The van der Waals surface area contributed by atoms with E-state index in [2.05, 4.69) is 5.32 Å². The Bertz CT molecular complexity index is 1610. The van der Waals surface area contributed by atoms with Crippen molar-refractivity contribution in [2.24, 2.45) is 0 Å². The van der Waals surface area contributed by atoms with Gasteiger partial charge in [-0.1, -0.05) is 42.5 Å². The lowest BCUT2D eigenvalue weighted by molar-refractivity contribution is -0.134. The fourth-order valence-electron chi connectivity index (χ4n) is 4.24. The Morgan fingerprint density at radius 3 is 2.24 bits per heavy atom. The molecule has 1 atom stereocenters. The van der Waals surface area contributed by atoms with Crippen molar-refractivity contribution in [3.8, 4) is 5.75 Å². The van der Waals surface area contributed by atoms with Gasteiger partial charge in [0.25, 0.3) is 17.7 Å². The molecule has 3 amide bonds. The molecule has 0 aliphatic carbocycles. The fraction of sp³-hybridized carbons (Fsp3) is 0.138. The number of nitrogens with one attached hydrogen (secondary N) is 1. The highest BCUT2D eigenvalue weighted by molar-refractivity contribution is 6.21. The zero-order valence-corrected chi connectivity index (χ0v) is 20.3. The van der Waals surface area contributed by atoms with Crippen LogP contribution in [0.1, 0.15) is 56.0 Å². The third kappa shape index (κ3) is 4.81. The van der Waals surface area contributed by atoms with E-state index < -0.39 is 29.3 Å². The lowest BCUT2D eigenvalue weighted by Gasteiger charge is -2.14. The van der Waals surface area contributed by atoms with Crippen LogP contribution in [0.3, 0.4) is 0 Å². The third-order valence-electron chi connectivity index (χ3n) is 6.25. The van der Waals surface area contributed by atoms with E-state index in [-0.39, 0.29) is 35.9 Å². The molecule has 0 spiro atoms. The van der Waals surface area contributed by atoms with Crippen LogP contribution in [0.5, 0.6) is 5.75 Å². The molecule has 1 aliphatic heterocycles. The average molecular weight is 511 g/mol. The minimum Gasteiger partial charge on any atom is -0.426 e. The van der Waals surface area contributed by atoms with Crippen molar-refractivity contribution in [3.63, 3.8) is 0 Å². The molecule has 5 rings (SSSR count). The van der Waals surface area contributed by atoms with Gasteiger partial charge in [0.2, 0.25) is 0 Å². The van der Waals surface area contributed by atoms with Crippen LogP contribution in [0.4, 0.5) is 0 Å². The SMILES string of the molecule is CC(NC(=O)c1cc2ccc(OC(=O)CCN3C(=O)c4ccccc4C3=O)cc2oc1=O)c1ccccc1. The molecule has 190 valence electrons. The number of hydrogen-bond donors (Lipinski definition) is 1. The molecule has 9 nitrogen and oxygen atoms in total. The van der Waals surface area contributed by atoms with Gasteiger partial charge in [0.15, 0.2) is 0 Å². The number of amides is 3. The fourth-order valence-corrected chi connectivity index (χ4v) is 4.24. The number of carbonyl (C=O) groups excluding carboxylic acids is 4. The zero-order valence-electron chi connectivity index (χ0n) is 20.3. The first-order valence-corrected chi connectivity index (χ1v) is 11.9. The van der Waals surface area contributed by atoms with Crippen molar-refractivity contribution in [2.45, 2.75) is 19.4 Å². The molecule has 2 heterocycles. The maximum absolute atomic E-state index is 12.7. The number of esters is 1. The van der Waals surface area contributed by atoms with Crippen LogP contribution in [-0.4, -0.2) is 35.1 Å². The number of imide groups is 1. The second-order valence-corrected chi connectivity index (χ2v) is 8.78. The van der Waals surface area contributed by atoms with Crippen molar-refractivity contribution in [2.75, 3.05) is 6.54 Å². The van der Waals surface area contributed by atoms with E-state index in [1.807, 2.05) is 37.3 Å². The second kappa shape index (κ2) is 10.1. The van der Waals surface area contributed by atoms with E-state index in [9.17, 15) is 24.0 Å². The van der Waals surface area contributed by atoms with Gasteiger partial charge in [-0.25, -0.2) is 4.79 Å². The Morgan fingerprint density at radius 2 is 1.55 bits per heavy atom. The summed E-state index contributed by atoms with van der Waals surface area (Å²) in [5, 5.41) is 3.25. The van der Waals surface area contributed by atoms with Crippen molar-refractivity contribution >= 4 is 34.7 Å². The molecule has 38 heavy (non-hydrogen) atoms. The van der Waals surface area contributed by atoms with E-state index in [4.69, 9.17) is 9.15 Å². The predicted octanol–water partition coefficient (Wildman–Crippen LogP) is 3.88. The molecule has 4 aromatic rings. The highest BCUT2D eigenvalue weighted by atomic mass is 16.5. The summed E-state index contributed by atoms with van der Waals surface area (Å²) in [5.74, 6) is -2.04. The van der Waals surface area contributed by atoms with Gasteiger partial charge in [-0.2, -0.15) is 0 Å². The number of carbonyl (C=O) groups is 4. The van der Waals surface area contributed by atoms with Gasteiger partial charge >= 0.3 is 11.6 Å². The van der Waals surface area contributed by atoms with Crippen LogP contribution in [-0.2, 0) is 4.79 Å². The second-order valence-electron chi connectivity index (χ2n) is 8.78. The van der Waals surface area contributed by atoms with Crippen LogP contribution in [0.25, 0.3) is 11.0 Å². The molecule has 0 bridgehead atoms. The molecule has 3 aromatic carbocycles. The summed E-state index contributed by atoms with van der Waals surface area (Å²) in [4.78, 5) is 63.5. The first kappa shape index (κ1) is 24.6. The van der Waals surface area contributed by atoms with Gasteiger partial charge in [-0.05, 0) is 42.8 Å². The standard InChI is InChI=1S/C29H22N2O7/c1-17(18-7-3-2-4-8-18)30-26(33)23-15-19-11-12-20(16-24(19)38-29(23)36)37-25(32)13-14-31-27(34)21-9-5-6-10-22(21)28(31)35/h2-12,15-17H,13-14H2,1H3,(H,30,33). The Hall–Kier alpha value is -5.05. The summed E-state index contributed by atoms with van der Waals surface area (Å²) >= 11 is 0. The molecule has 0 saturated carbocycles. The topological polar surface area (TPSA) is 123 Å². The van der Waals surface area contributed by atoms with E-state index in [1.54, 1.807) is 30.3 Å². The number of benzene rings is 3. The summed E-state index contributed by atoms with van der Waals surface area (Å²) in [6.07, 6.45) is -0.216. The summed E-state index contributed by atoms with van der Waals surface area (Å²) in [7, 11) is 0. The van der Waals surface area contributed by atoms with Crippen molar-refractivity contribution in [1.82, 2.24) is 10.2 Å². The van der Waals surface area contributed by atoms with Gasteiger partial charge in [-0.15, -0.1) is 0 Å². The normalized spacial score (nSPS) is 13.3. The molecule has 1 unspecified atom stereocenters. The number of hydrogen-bond acceptors (Lipinski definition) is 7. The lowest BCUT2D eigenvalue weighted by Crippen LogP contribution is -2.32. The lowest BCUT2D eigenvalue weighted by atomic mass is 10.1. The smallest absolute Gasteiger partial charge is 0.349 e. The first-order valence-electron chi connectivity index (χ1n) is 11.9. The largest absolute Gasteiger partial charge is 0.426 e. The van der Waals surface area contributed by atoms with Gasteiger partial charge in [-0.3, -0.25) is 24.1 Å². The van der Waals surface area contributed by atoms with E-state index in [0.29, 0.717) is 16.5 Å². The predicted molar refractivity (Wildman–Crippen MR) is 137 cm³/mol. The van der Waals surface area contributed by atoms with Crippen LogP contribution >= 0.6 is 0 Å². The molecule has 0 fully saturated rings. The average Bonchev–Trinajstić information content (AvgIpc) is 3.16. The Labute approximate surface area is 216 Å². The van der Waals surface area contributed by atoms with Gasteiger partial charge in [0.1, 0.15) is 16.9 Å². The third-order valence-corrected chi connectivity index (χ3v) is 6.25. The molecular weight excluding hydrogens is 488 g/mol. The summed E-state index contributed by atoms with van der Waals surface area (Å²) < 4.78 is 10.6.